The Kier molecular flexibility index (Phi) is 4.28. The van der Waals surface area contributed by atoms with Crippen LogP contribution in [0.1, 0.15) is 38.3 Å². The summed E-state index contributed by atoms with van der Waals surface area (Å²) in [5.74, 6) is 0.399. The fraction of sp³-hybridized carbons (Fsp3) is 0.364. The predicted octanol–water partition coefficient (Wildman–Crippen LogP) is 3.82. The second kappa shape index (κ2) is 6.84. The van der Waals surface area contributed by atoms with E-state index in [-0.39, 0.29) is 5.75 Å². The maximum absolute atomic E-state index is 15.1. The summed E-state index contributed by atoms with van der Waals surface area (Å²) in [6.45, 7) is 1.96. The quantitative estimate of drug-likeness (QED) is 0.691. The number of rotatable bonds is 2. The van der Waals surface area contributed by atoms with Crippen molar-refractivity contribution in [3.05, 3.63) is 48.1 Å². The van der Waals surface area contributed by atoms with Gasteiger partial charge >= 0.3 is 0 Å². The minimum absolute atomic E-state index is 0.0707. The lowest BCUT2D eigenvalue weighted by Gasteiger charge is -2.47. The lowest BCUT2D eigenvalue weighted by atomic mass is 9.74. The van der Waals surface area contributed by atoms with E-state index in [4.69, 9.17) is 0 Å². The molecule has 2 bridgehead atoms. The molecular weight excluding hydrogens is 369 g/mol. The molecule has 3 aromatic rings. The second-order valence-electron chi connectivity index (χ2n) is 8.24. The Morgan fingerprint density at radius 3 is 2.97 bits per heavy atom. The molecule has 2 saturated heterocycles. The fourth-order valence-corrected chi connectivity index (χ4v) is 4.58. The van der Waals surface area contributed by atoms with Crippen molar-refractivity contribution in [1.82, 2.24) is 25.5 Å². The van der Waals surface area contributed by atoms with Crippen molar-refractivity contribution in [2.75, 3.05) is 0 Å². The van der Waals surface area contributed by atoms with E-state index in [0.29, 0.717) is 29.5 Å². The molecule has 2 aliphatic rings. The molecule has 0 amide bonds. The van der Waals surface area contributed by atoms with Gasteiger partial charge in [-0.25, -0.2) is 9.37 Å². The smallest absolute Gasteiger partial charge is 0.185 e. The Hall–Kier alpha value is -2.93. The van der Waals surface area contributed by atoms with E-state index in [1.807, 2.05) is 19.1 Å². The van der Waals surface area contributed by atoms with Crippen LogP contribution in [-0.4, -0.2) is 43.0 Å². The van der Waals surface area contributed by atoms with E-state index < -0.39 is 11.7 Å². The Labute approximate surface area is 167 Å². The number of piperidine rings is 2. The zero-order valence-corrected chi connectivity index (χ0v) is 16.1. The van der Waals surface area contributed by atoms with Gasteiger partial charge in [-0.05, 0) is 67.8 Å². The van der Waals surface area contributed by atoms with Crippen molar-refractivity contribution in [3.63, 3.8) is 0 Å². The van der Waals surface area contributed by atoms with Crippen LogP contribution in [0.5, 0.6) is 5.75 Å². The Morgan fingerprint density at radius 2 is 2.14 bits per heavy atom. The van der Waals surface area contributed by atoms with Gasteiger partial charge in [0.05, 0.1) is 17.3 Å². The van der Waals surface area contributed by atoms with Crippen LogP contribution in [0.4, 0.5) is 4.39 Å². The van der Waals surface area contributed by atoms with Gasteiger partial charge in [0.25, 0.3) is 0 Å². The summed E-state index contributed by atoms with van der Waals surface area (Å²) in [6.07, 6.45) is 9.34. The molecule has 6 nitrogen and oxygen atoms in total. The van der Waals surface area contributed by atoms with Crippen molar-refractivity contribution in [2.45, 2.75) is 50.4 Å². The highest BCUT2D eigenvalue weighted by Crippen LogP contribution is 2.39. The maximum Gasteiger partial charge on any atom is 0.185 e. The molecule has 2 N–H and O–H groups in total. The van der Waals surface area contributed by atoms with E-state index in [2.05, 4.69) is 25.5 Å². The first-order valence-electron chi connectivity index (χ1n) is 9.91. The van der Waals surface area contributed by atoms with Crippen LogP contribution < -0.4 is 5.32 Å². The molecule has 2 fully saturated rings. The van der Waals surface area contributed by atoms with Crippen LogP contribution >= 0.6 is 0 Å². The van der Waals surface area contributed by atoms with Gasteiger partial charge in [-0.15, -0.1) is 10.2 Å². The molecule has 2 aromatic heterocycles. The third-order valence-corrected chi connectivity index (χ3v) is 6.06. The maximum atomic E-state index is 15.1. The minimum Gasteiger partial charge on any atom is -0.507 e. The number of aromatic nitrogens is 4. The molecule has 7 heteroatoms. The Morgan fingerprint density at radius 1 is 1.24 bits per heavy atom. The number of nitrogens with zero attached hydrogens (tertiary/aromatic N) is 4. The molecule has 5 rings (SSSR count). The van der Waals surface area contributed by atoms with Crippen LogP contribution in [-0.2, 0) is 0 Å². The molecular formula is C22H22FN5O. The molecule has 0 aliphatic carbocycles. The van der Waals surface area contributed by atoms with Gasteiger partial charge < -0.3 is 10.4 Å². The monoisotopic (exact) mass is 391 g/mol. The number of hydrogen-bond donors (Lipinski definition) is 2. The lowest BCUT2D eigenvalue weighted by molar-refractivity contribution is 0.0993. The van der Waals surface area contributed by atoms with Gasteiger partial charge in [0.1, 0.15) is 17.6 Å². The zero-order valence-electron chi connectivity index (χ0n) is 16.1. The Bertz CT molecular complexity index is 1100. The minimum atomic E-state index is -1.04. The van der Waals surface area contributed by atoms with Crippen LogP contribution in [0.15, 0.2) is 42.4 Å². The van der Waals surface area contributed by atoms with Gasteiger partial charge in [-0.3, -0.25) is 4.98 Å². The van der Waals surface area contributed by atoms with Gasteiger partial charge in [-0.1, -0.05) is 0 Å². The number of aromatic hydroxyl groups is 1. The summed E-state index contributed by atoms with van der Waals surface area (Å²) in [5.41, 5.74) is 1.28. The molecule has 0 saturated carbocycles. The van der Waals surface area contributed by atoms with E-state index in [1.165, 1.54) is 0 Å². The third kappa shape index (κ3) is 3.25. The highest BCUT2D eigenvalue weighted by atomic mass is 19.1. The number of benzene rings is 1. The molecule has 1 aromatic carbocycles. The Balaban J connectivity index is 1.45. The lowest BCUT2D eigenvalue weighted by Crippen LogP contribution is -2.61. The number of nitrogens with one attached hydrogen (secondary N) is 1. The van der Waals surface area contributed by atoms with Crippen LogP contribution in [0.3, 0.4) is 0 Å². The van der Waals surface area contributed by atoms with Crippen molar-refractivity contribution >= 4 is 16.8 Å². The van der Waals surface area contributed by atoms with E-state index in [1.54, 1.807) is 30.7 Å². The standard InChI is InChI=1S/C22H22FN5O/c1-22-5-2-3-16(26-22)7-14(20(22)23)8-17-12-25-21(28-27-17)18-9-13-4-6-24-11-15(13)10-19(18)29/h4,6,8-12,16,20,26,29H,2-3,5,7H2,1H3/b14-8+/t16?,20-,22-/m0/s1. The SMILES string of the molecule is C[C@]12CCCC(C/C(=C\c3cnc(-c4cc5ccncc5cc4O)nn3)[C@@H]1F)N2. The summed E-state index contributed by atoms with van der Waals surface area (Å²) in [4.78, 5) is 8.42. The highest BCUT2D eigenvalue weighted by Gasteiger charge is 2.45. The topological polar surface area (TPSA) is 83.8 Å². The van der Waals surface area contributed by atoms with E-state index in [0.717, 1.165) is 35.6 Å². The van der Waals surface area contributed by atoms with E-state index >= 15 is 4.39 Å². The summed E-state index contributed by atoms with van der Waals surface area (Å²) >= 11 is 0. The molecule has 0 radical (unpaired) electrons. The highest BCUT2D eigenvalue weighted by molar-refractivity contribution is 5.88. The number of hydrogen-bond acceptors (Lipinski definition) is 6. The first-order valence-corrected chi connectivity index (χ1v) is 9.91. The largest absolute Gasteiger partial charge is 0.507 e. The first-order chi connectivity index (χ1) is 14.0. The van der Waals surface area contributed by atoms with Crippen molar-refractivity contribution < 1.29 is 9.50 Å². The summed E-state index contributed by atoms with van der Waals surface area (Å²) in [5, 5.41) is 24.0. The number of alkyl halides is 1. The van der Waals surface area contributed by atoms with Crippen molar-refractivity contribution in [1.29, 1.82) is 0 Å². The second-order valence-corrected chi connectivity index (χ2v) is 8.24. The normalized spacial score (nSPS) is 28.0. The number of fused-ring (bicyclic) bond motifs is 3. The molecule has 1 unspecified atom stereocenters. The van der Waals surface area contributed by atoms with Crippen molar-refractivity contribution in [3.8, 4) is 17.1 Å². The fourth-order valence-electron chi connectivity index (χ4n) is 4.58. The van der Waals surface area contributed by atoms with Gasteiger partial charge in [0.2, 0.25) is 0 Å². The molecule has 0 spiro atoms. The summed E-state index contributed by atoms with van der Waals surface area (Å²) in [7, 11) is 0. The zero-order chi connectivity index (χ0) is 20.0. The molecule has 4 heterocycles. The van der Waals surface area contributed by atoms with Crippen LogP contribution in [0, 0.1) is 0 Å². The molecule has 29 heavy (non-hydrogen) atoms. The van der Waals surface area contributed by atoms with Crippen molar-refractivity contribution in [2.24, 2.45) is 0 Å². The number of phenolic OH excluding ortho intramolecular Hbond substituents is 1. The van der Waals surface area contributed by atoms with Crippen LogP contribution in [0.2, 0.25) is 0 Å². The molecule has 2 aliphatic heterocycles. The predicted molar refractivity (Wildman–Crippen MR) is 109 cm³/mol. The van der Waals surface area contributed by atoms with Gasteiger partial charge in [-0.2, -0.15) is 0 Å². The molecule has 148 valence electrons. The van der Waals surface area contributed by atoms with Crippen LogP contribution in [0.25, 0.3) is 28.2 Å². The average Bonchev–Trinajstić information content (AvgIpc) is 2.72. The number of phenols is 1. The van der Waals surface area contributed by atoms with E-state index in [9.17, 15) is 5.11 Å². The number of pyridine rings is 1. The number of halogens is 1. The molecule has 3 atom stereocenters. The first kappa shape index (κ1) is 18.1. The summed E-state index contributed by atoms with van der Waals surface area (Å²) < 4.78 is 15.1. The van der Waals surface area contributed by atoms with Gasteiger partial charge in [0, 0.05) is 23.8 Å². The summed E-state index contributed by atoms with van der Waals surface area (Å²) in [6, 6.07) is 5.63. The van der Waals surface area contributed by atoms with Gasteiger partial charge in [0.15, 0.2) is 5.82 Å². The average molecular weight is 391 g/mol. The third-order valence-electron chi connectivity index (χ3n) is 6.06.